The fourth-order valence-corrected chi connectivity index (χ4v) is 5.04. The molecule has 194 valence electrons. The van der Waals surface area contributed by atoms with Gasteiger partial charge in [-0.1, -0.05) is 0 Å². The lowest BCUT2D eigenvalue weighted by atomic mass is 10.0. The molecule has 1 fully saturated rings. The maximum atomic E-state index is 14.0. The monoisotopic (exact) mass is 508 g/mol. The largest absolute Gasteiger partial charge is 0.502 e. The molecular formula is C24H27F3N4O5. The van der Waals surface area contributed by atoms with Gasteiger partial charge in [-0.2, -0.15) is 0 Å². The van der Waals surface area contributed by atoms with Crippen LogP contribution in [-0.4, -0.2) is 58.5 Å². The van der Waals surface area contributed by atoms with Crippen molar-refractivity contribution in [3.63, 3.8) is 0 Å². The van der Waals surface area contributed by atoms with Crippen LogP contribution in [0.5, 0.6) is 5.75 Å². The highest BCUT2D eigenvalue weighted by molar-refractivity contribution is 5.99. The first kappa shape index (κ1) is 25.5. The molecule has 3 heterocycles. The summed E-state index contributed by atoms with van der Waals surface area (Å²) in [4.78, 5) is 40.7. The van der Waals surface area contributed by atoms with Crippen LogP contribution in [0.3, 0.4) is 0 Å². The maximum Gasteiger partial charge on any atom is 0.278 e. The number of amides is 2. The van der Waals surface area contributed by atoms with Crippen molar-refractivity contribution >= 4 is 11.8 Å². The molecular weight excluding hydrogens is 481 g/mol. The third kappa shape index (κ3) is 4.08. The number of aromatic nitrogens is 1. The number of aromatic hydroxyl groups is 1. The van der Waals surface area contributed by atoms with E-state index in [1.807, 2.05) is 25.8 Å². The van der Waals surface area contributed by atoms with E-state index in [9.17, 15) is 32.7 Å². The summed E-state index contributed by atoms with van der Waals surface area (Å²) in [5.41, 5.74) is -2.49. The molecule has 2 aliphatic heterocycles. The fraction of sp³-hybridized carbons (Fsp3) is 0.458. The Labute approximate surface area is 205 Å². The van der Waals surface area contributed by atoms with Crippen molar-refractivity contribution in [1.29, 1.82) is 0 Å². The lowest BCUT2D eigenvalue weighted by Crippen LogP contribution is -2.62. The number of fused-ring (bicyclic) bond motifs is 3. The zero-order chi connectivity index (χ0) is 26.5. The van der Waals surface area contributed by atoms with Crippen molar-refractivity contribution in [1.82, 2.24) is 14.9 Å². The summed E-state index contributed by atoms with van der Waals surface area (Å²) >= 11 is 0. The van der Waals surface area contributed by atoms with Crippen molar-refractivity contribution < 1.29 is 32.6 Å². The molecule has 1 aromatic carbocycles. The Hall–Kier alpha value is -3.54. The predicted molar refractivity (Wildman–Crippen MR) is 123 cm³/mol. The standard InChI is InChI=1S/C24H27F3N4O5/c1-11(2)30-19-5-13(10-36-4)12(3)31(19)29-9-16(21(32)22(33)20(29)24(30)35)23(34)28-8-15-17(26)6-14(25)7-18(15)27/h6-7,9,11-13,19,33H,5,8,10H2,1-4H3,(H,28,34)/t12-,13+,19-/m0/s1. The van der Waals surface area contributed by atoms with Crippen LogP contribution < -0.4 is 15.8 Å². The number of carbonyl (C=O) groups is 2. The number of hydrogen-bond acceptors (Lipinski definition) is 6. The molecule has 2 aromatic rings. The Bertz CT molecular complexity index is 1260. The number of halogens is 3. The third-order valence-electron chi connectivity index (χ3n) is 6.80. The summed E-state index contributed by atoms with van der Waals surface area (Å²) in [5.74, 6) is -5.98. The number of hydrogen-bond donors (Lipinski definition) is 2. The number of benzene rings is 1. The van der Waals surface area contributed by atoms with Crippen LogP contribution in [0.2, 0.25) is 0 Å². The molecule has 2 N–H and O–H groups in total. The Morgan fingerprint density at radius 2 is 1.86 bits per heavy atom. The van der Waals surface area contributed by atoms with E-state index >= 15 is 0 Å². The molecule has 1 saturated heterocycles. The number of pyridine rings is 1. The van der Waals surface area contributed by atoms with Gasteiger partial charge in [-0.05, 0) is 27.2 Å². The number of nitrogens with zero attached hydrogens (tertiary/aromatic N) is 3. The van der Waals surface area contributed by atoms with Crippen LogP contribution in [0.15, 0.2) is 23.1 Å². The van der Waals surface area contributed by atoms with Crippen molar-refractivity contribution in [3.8, 4) is 5.75 Å². The van der Waals surface area contributed by atoms with Gasteiger partial charge in [-0.25, -0.2) is 13.2 Å². The summed E-state index contributed by atoms with van der Waals surface area (Å²) < 4.78 is 47.8. The summed E-state index contributed by atoms with van der Waals surface area (Å²) in [5, 5.41) is 14.8. The highest BCUT2D eigenvalue weighted by Crippen LogP contribution is 2.37. The summed E-state index contributed by atoms with van der Waals surface area (Å²) in [7, 11) is 1.57. The lowest BCUT2D eigenvalue weighted by molar-refractivity contribution is 0.0501. The van der Waals surface area contributed by atoms with Gasteiger partial charge in [0.2, 0.25) is 5.43 Å². The number of carbonyl (C=O) groups excluding carboxylic acids is 2. The first-order valence-corrected chi connectivity index (χ1v) is 11.5. The number of nitrogens with one attached hydrogen (secondary N) is 1. The molecule has 12 heteroatoms. The molecule has 0 bridgehead atoms. The molecule has 0 spiro atoms. The molecule has 0 unspecified atom stereocenters. The quantitative estimate of drug-likeness (QED) is 0.620. The van der Waals surface area contributed by atoms with Crippen LogP contribution in [0.25, 0.3) is 0 Å². The van der Waals surface area contributed by atoms with Crippen LogP contribution in [0, 0.1) is 23.4 Å². The summed E-state index contributed by atoms with van der Waals surface area (Å²) in [6.45, 7) is 5.31. The van der Waals surface area contributed by atoms with Crippen molar-refractivity contribution in [2.24, 2.45) is 5.92 Å². The predicted octanol–water partition coefficient (Wildman–Crippen LogP) is 2.08. The Morgan fingerprint density at radius 1 is 1.22 bits per heavy atom. The molecule has 2 amide bonds. The molecule has 2 aliphatic rings. The Morgan fingerprint density at radius 3 is 2.44 bits per heavy atom. The van der Waals surface area contributed by atoms with Gasteiger partial charge in [0.25, 0.3) is 11.8 Å². The lowest BCUT2D eigenvalue weighted by Gasteiger charge is -2.46. The van der Waals surface area contributed by atoms with Gasteiger partial charge >= 0.3 is 0 Å². The van der Waals surface area contributed by atoms with E-state index in [0.29, 0.717) is 25.2 Å². The van der Waals surface area contributed by atoms with Gasteiger partial charge in [0, 0.05) is 49.5 Å². The highest BCUT2D eigenvalue weighted by Gasteiger charge is 2.49. The Kier molecular flexibility index (Phi) is 6.74. The van der Waals surface area contributed by atoms with Crippen LogP contribution in [0.1, 0.15) is 53.6 Å². The normalized spacial score (nSPS) is 21.1. The molecule has 3 atom stereocenters. The van der Waals surface area contributed by atoms with E-state index in [2.05, 4.69) is 5.32 Å². The molecule has 0 radical (unpaired) electrons. The maximum absolute atomic E-state index is 14.0. The molecule has 9 nitrogen and oxygen atoms in total. The van der Waals surface area contributed by atoms with E-state index in [1.165, 1.54) is 4.68 Å². The minimum absolute atomic E-state index is 0.0169. The van der Waals surface area contributed by atoms with Crippen molar-refractivity contribution in [2.75, 3.05) is 18.7 Å². The zero-order valence-electron chi connectivity index (χ0n) is 20.2. The molecule has 0 aliphatic carbocycles. The minimum atomic E-state index is -1.20. The van der Waals surface area contributed by atoms with Gasteiger partial charge in [-0.15, -0.1) is 0 Å². The van der Waals surface area contributed by atoms with E-state index in [0.717, 1.165) is 6.20 Å². The van der Waals surface area contributed by atoms with E-state index in [-0.39, 0.29) is 23.7 Å². The van der Waals surface area contributed by atoms with Crippen molar-refractivity contribution in [2.45, 2.75) is 52.0 Å². The van der Waals surface area contributed by atoms with E-state index in [1.54, 1.807) is 12.0 Å². The second kappa shape index (κ2) is 9.49. The highest BCUT2D eigenvalue weighted by atomic mass is 19.1. The second-order valence-corrected chi connectivity index (χ2v) is 9.30. The second-order valence-electron chi connectivity index (χ2n) is 9.30. The first-order chi connectivity index (χ1) is 17.0. The fourth-order valence-electron chi connectivity index (χ4n) is 5.04. The van der Waals surface area contributed by atoms with Gasteiger partial charge < -0.3 is 20.1 Å². The average molecular weight is 508 g/mol. The van der Waals surface area contributed by atoms with Gasteiger partial charge in [0.15, 0.2) is 11.4 Å². The van der Waals surface area contributed by atoms with E-state index < -0.39 is 64.3 Å². The third-order valence-corrected chi connectivity index (χ3v) is 6.80. The SMILES string of the molecule is COC[C@H]1C[C@H]2N(C(C)C)C(=O)c3c(O)c(=O)c(C(=O)NCc4c(F)cc(F)cc4F)cn3N2[C@H]1C. The summed E-state index contributed by atoms with van der Waals surface area (Å²) in [6, 6.07) is 0.511. The topological polar surface area (TPSA) is 104 Å². The van der Waals surface area contributed by atoms with Crippen LogP contribution >= 0.6 is 0 Å². The zero-order valence-corrected chi connectivity index (χ0v) is 20.2. The smallest absolute Gasteiger partial charge is 0.278 e. The molecule has 4 rings (SSSR count). The van der Waals surface area contributed by atoms with Gasteiger partial charge in [-0.3, -0.25) is 24.1 Å². The number of methoxy groups -OCH3 is 1. The van der Waals surface area contributed by atoms with E-state index in [4.69, 9.17) is 4.74 Å². The minimum Gasteiger partial charge on any atom is -0.502 e. The first-order valence-electron chi connectivity index (χ1n) is 11.5. The Balaban J connectivity index is 1.74. The van der Waals surface area contributed by atoms with Crippen LogP contribution in [0.4, 0.5) is 13.2 Å². The molecule has 1 aromatic heterocycles. The van der Waals surface area contributed by atoms with Gasteiger partial charge in [0.05, 0.1) is 12.6 Å². The molecule has 0 saturated carbocycles. The summed E-state index contributed by atoms with van der Waals surface area (Å²) in [6.07, 6.45) is 1.30. The number of rotatable bonds is 6. The van der Waals surface area contributed by atoms with Crippen LogP contribution in [-0.2, 0) is 11.3 Å². The average Bonchev–Trinajstić information content (AvgIpc) is 3.10. The van der Waals surface area contributed by atoms with Crippen molar-refractivity contribution in [3.05, 3.63) is 62.8 Å². The molecule has 36 heavy (non-hydrogen) atoms. The van der Waals surface area contributed by atoms with Gasteiger partial charge in [0.1, 0.15) is 29.2 Å². The number of ether oxygens (including phenoxy) is 1.